The van der Waals surface area contributed by atoms with Crippen LogP contribution in [0.25, 0.3) is 0 Å². The van der Waals surface area contributed by atoms with Gasteiger partial charge in [-0.3, -0.25) is 0 Å². The normalized spacial score (nSPS) is 22.0. The topological polar surface area (TPSA) is 30.5 Å². The van der Waals surface area contributed by atoms with Crippen molar-refractivity contribution in [2.24, 2.45) is 5.41 Å². The number of ether oxygens (including phenoxy) is 2. The van der Waals surface area contributed by atoms with Gasteiger partial charge in [0.05, 0.1) is 14.2 Å². The zero-order valence-electron chi connectivity index (χ0n) is 14.0. The van der Waals surface area contributed by atoms with Gasteiger partial charge in [-0.05, 0) is 48.8 Å². The number of hydrogen-bond donors (Lipinski definition) is 1. The Morgan fingerprint density at radius 1 is 1.24 bits per heavy atom. The number of methoxy groups -OCH3 is 2. The minimum absolute atomic E-state index is 0.378. The summed E-state index contributed by atoms with van der Waals surface area (Å²) in [5.74, 6) is 1.60. The van der Waals surface area contributed by atoms with Crippen molar-refractivity contribution in [2.75, 3.05) is 14.2 Å². The Morgan fingerprint density at radius 2 is 1.95 bits per heavy atom. The molecule has 0 radical (unpaired) electrons. The van der Waals surface area contributed by atoms with E-state index in [-0.39, 0.29) is 0 Å². The van der Waals surface area contributed by atoms with Crippen molar-refractivity contribution in [3.8, 4) is 11.5 Å². The van der Waals surface area contributed by atoms with Crippen LogP contribution in [-0.2, 0) is 0 Å². The SMILES string of the molecule is CCC(NC1CCC(C)(C)C1)c1ccc(OC)c(OC)c1. The Bertz CT molecular complexity index is 470. The molecule has 3 heteroatoms. The molecule has 1 fully saturated rings. The molecule has 3 nitrogen and oxygen atoms in total. The van der Waals surface area contributed by atoms with Crippen molar-refractivity contribution < 1.29 is 9.47 Å². The summed E-state index contributed by atoms with van der Waals surface area (Å²) in [6.07, 6.45) is 4.92. The van der Waals surface area contributed by atoms with E-state index in [4.69, 9.17) is 9.47 Å². The highest BCUT2D eigenvalue weighted by atomic mass is 16.5. The molecule has 2 rings (SSSR count). The molecule has 0 aliphatic heterocycles. The number of nitrogens with one attached hydrogen (secondary N) is 1. The van der Waals surface area contributed by atoms with Crippen LogP contribution in [0.2, 0.25) is 0 Å². The largest absolute Gasteiger partial charge is 0.493 e. The van der Waals surface area contributed by atoms with E-state index >= 15 is 0 Å². The van der Waals surface area contributed by atoms with Gasteiger partial charge in [-0.25, -0.2) is 0 Å². The second-order valence-electron chi connectivity index (χ2n) is 6.85. The van der Waals surface area contributed by atoms with Gasteiger partial charge < -0.3 is 14.8 Å². The van der Waals surface area contributed by atoms with Crippen molar-refractivity contribution in [2.45, 2.75) is 58.5 Å². The zero-order valence-corrected chi connectivity index (χ0v) is 14.0. The highest BCUT2D eigenvalue weighted by molar-refractivity contribution is 5.43. The van der Waals surface area contributed by atoms with Crippen molar-refractivity contribution >= 4 is 0 Å². The summed E-state index contributed by atoms with van der Waals surface area (Å²) in [6, 6.07) is 7.24. The summed E-state index contributed by atoms with van der Waals surface area (Å²) in [6.45, 7) is 6.96. The maximum Gasteiger partial charge on any atom is 0.161 e. The van der Waals surface area contributed by atoms with Gasteiger partial charge in [0, 0.05) is 12.1 Å². The van der Waals surface area contributed by atoms with Crippen molar-refractivity contribution in [1.82, 2.24) is 5.32 Å². The molecule has 1 saturated carbocycles. The van der Waals surface area contributed by atoms with Crippen molar-refractivity contribution in [3.63, 3.8) is 0 Å². The molecule has 0 saturated heterocycles. The Labute approximate surface area is 129 Å². The lowest BCUT2D eigenvalue weighted by molar-refractivity contribution is 0.346. The molecule has 1 N–H and O–H groups in total. The molecule has 1 aromatic carbocycles. The van der Waals surface area contributed by atoms with Crippen LogP contribution in [0.3, 0.4) is 0 Å². The molecule has 2 unspecified atom stereocenters. The van der Waals surface area contributed by atoms with Crippen LogP contribution in [0.5, 0.6) is 11.5 Å². The van der Waals surface area contributed by atoms with Gasteiger partial charge in [0.2, 0.25) is 0 Å². The minimum Gasteiger partial charge on any atom is -0.493 e. The first kappa shape index (κ1) is 16.2. The van der Waals surface area contributed by atoms with Crippen molar-refractivity contribution in [3.05, 3.63) is 23.8 Å². The minimum atomic E-state index is 0.378. The molecule has 0 bridgehead atoms. The second kappa shape index (κ2) is 6.69. The van der Waals surface area contributed by atoms with Gasteiger partial charge >= 0.3 is 0 Å². The van der Waals surface area contributed by atoms with E-state index in [1.165, 1.54) is 24.8 Å². The van der Waals surface area contributed by atoms with Crippen LogP contribution in [-0.4, -0.2) is 20.3 Å². The average Bonchev–Trinajstić information content (AvgIpc) is 2.83. The van der Waals surface area contributed by atoms with Crippen LogP contribution in [0.15, 0.2) is 18.2 Å². The Kier molecular flexibility index (Phi) is 5.15. The van der Waals surface area contributed by atoms with Gasteiger partial charge in [0.25, 0.3) is 0 Å². The first-order valence-corrected chi connectivity index (χ1v) is 7.97. The first-order chi connectivity index (χ1) is 9.99. The van der Waals surface area contributed by atoms with Crippen LogP contribution >= 0.6 is 0 Å². The van der Waals surface area contributed by atoms with Crippen LogP contribution in [0.4, 0.5) is 0 Å². The highest BCUT2D eigenvalue weighted by Crippen LogP contribution is 2.38. The molecule has 0 spiro atoms. The Morgan fingerprint density at radius 3 is 2.48 bits per heavy atom. The first-order valence-electron chi connectivity index (χ1n) is 7.97. The summed E-state index contributed by atoms with van der Waals surface area (Å²) in [5.41, 5.74) is 1.76. The number of hydrogen-bond acceptors (Lipinski definition) is 3. The van der Waals surface area contributed by atoms with Gasteiger partial charge in [0.1, 0.15) is 0 Å². The molecule has 1 aromatic rings. The fourth-order valence-electron chi connectivity index (χ4n) is 3.38. The molecule has 1 aliphatic carbocycles. The molecular formula is C18H29NO2. The molecule has 21 heavy (non-hydrogen) atoms. The molecule has 1 aliphatic rings. The van der Waals surface area contributed by atoms with E-state index in [0.29, 0.717) is 17.5 Å². The smallest absolute Gasteiger partial charge is 0.161 e. The highest BCUT2D eigenvalue weighted by Gasteiger charge is 2.31. The lowest BCUT2D eigenvalue weighted by Crippen LogP contribution is -2.31. The van der Waals surface area contributed by atoms with Gasteiger partial charge in [-0.1, -0.05) is 26.8 Å². The molecule has 0 aromatic heterocycles. The zero-order chi connectivity index (χ0) is 15.5. The predicted molar refractivity (Wildman–Crippen MR) is 87.1 cm³/mol. The lowest BCUT2D eigenvalue weighted by Gasteiger charge is -2.24. The summed E-state index contributed by atoms with van der Waals surface area (Å²) in [7, 11) is 3.36. The van der Waals surface area contributed by atoms with E-state index in [9.17, 15) is 0 Å². The third-order valence-electron chi connectivity index (χ3n) is 4.62. The quantitative estimate of drug-likeness (QED) is 0.846. The number of benzene rings is 1. The third kappa shape index (κ3) is 3.91. The molecular weight excluding hydrogens is 262 g/mol. The van der Waals surface area contributed by atoms with E-state index in [2.05, 4.69) is 38.2 Å². The van der Waals surface area contributed by atoms with E-state index in [1.807, 2.05) is 6.07 Å². The van der Waals surface area contributed by atoms with Gasteiger partial charge in [0.15, 0.2) is 11.5 Å². The summed E-state index contributed by atoms with van der Waals surface area (Å²) >= 11 is 0. The van der Waals surface area contributed by atoms with E-state index in [0.717, 1.165) is 17.9 Å². The fourth-order valence-corrected chi connectivity index (χ4v) is 3.38. The Balaban J connectivity index is 2.10. The van der Waals surface area contributed by atoms with Gasteiger partial charge in [-0.15, -0.1) is 0 Å². The summed E-state index contributed by atoms with van der Waals surface area (Å²) in [5, 5.41) is 3.83. The maximum absolute atomic E-state index is 5.42. The summed E-state index contributed by atoms with van der Waals surface area (Å²) < 4.78 is 10.7. The van der Waals surface area contributed by atoms with Crippen LogP contribution < -0.4 is 14.8 Å². The maximum atomic E-state index is 5.42. The van der Waals surface area contributed by atoms with E-state index in [1.54, 1.807) is 14.2 Å². The lowest BCUT2D eigenvalue weighted by atomic mass is 9.91. The summed E-state index contributed by atoms with van der Waals surface area (Å²) in [4.78, 5) is 0. The average molecular weight is 291 g/mol. The Hall–Kier alpha value is -1.22. The monoisotopic (exact) mass is 291 g/mol. The van der Waals surface area contributed by atoms with Gasteiger partial charge in [-0.2, -0.15) is 0 Å². The molecule has 2 atom stereocenters. The van der Waals surface area contributed by atoms with Crippen molar-refractivity contribution in [1.29, 1.82) is 0 Å². The van der Waals surface area contributed by atoms with Crippen LogP contribution in [0, 0.1) is 5.41 Å². The predicted octanol–water partition coefficient (Wildman–Crippen LogP) is 4.32. The molecule has 0 amide bonds. The standard InChI is InChI=1S/C18H29NO2/c1-6-15(19-14-9-10-18(2,3)12-14)13-7-8-16(20-4)17(11-13)21-5/h7-8,11,14-15,19H,6,9-10,12H2,1-5H3. The molecule has 0 heterocycles. The van der Waals surface area contributed by atoms with E-state index < -0.39 is 0 Å². The third-order valence-corrected chi connectivity index (χ3v) is 4.62. The number of rotatable bonds is 6. The fraction of sp³-hybridized carbons (Fsp3) is 0.667. The van der Waals surface area contributed by atoms with Crippen LogP contribution in [0.1, 0.15) is 58.1 Å². The molecule has 118 valence electrons. The second-order valence-corrected chi connectivity index (χ2v) is 6.85.